The van der Waals surface area contributed by atoms with Crippen LogP contribution in [0.25, 0.3) is 0 Å². The first-order valence-electron chi connectivity index (χ1n) is 6.17. The summed E-state index contributed by atoms with van der Waals surface area (Å²) in [6.07, 6.45) is 0. The predicted molar refractivity (Wildman–Crippen MR) is 82.1 cm³/mol. The third kappa shape index (κ3) is 2.11. The minimum absolute atomic E-state index is 1.28. The number of benzene rings is 2. The molecule has 0 atom stereocenters. The number of hydrogen-bond donors (Lipinski definition) is 0. The quantitative estimate of drug-likeness (QED) is 0.580. The van der Waals surface area contributed by atoms with Gasteiger partial charge in [-0.25, -0.2) is 0 Å². The van der Waals surface area contributed by atoms with Crippen molar-refractivity contribution in [1.29, 1.82) is 0 Å². The molecule has 0 unspecified atom stereocenters. The van der Waals surface area contributed by atoms with Crippen LogP contribution in [0, 0.1) is 0 Å². The molecule has 0 amide bonds. The summed E-state index contributed by atoms with van der Waals surface area (Å²) in [4.78, 5) is 0. The predicted octanol–water partition coefficient (Wildman–Crippen LogP) is 3.15. The van der Waals surface area contributed by atoms with Crippen molar-refractivity contribution in [3.8, 4) is 0 Å². The smallest absolute Gasteiger partial charge is 0.133 e. The Bertz CT molecular complexity index is 524. The van der Waals surface area contributed by atoms with Gasteiger partial charge < -0.3 is 0 Å². The highest BCUT2D eigenvalue weighted by molar-refractivity contribution is 7.06. The molecule has 2 rings (SSSR count). The molecule has 90 valence electrons. The van der Waals surface area contributed by atoms with Crippen molar-refractivity contribution in [2.45, 2.75) is 13.5 Å². The third-order valence-electron chi connectivity index (χ3n) is 3.72. The maximum atomic E-state index is 3.85. The standard InChI is InChI=1S/C17H18Si/c1-4-15(2)18(3,16-11-7-5-8-12-16)17-13-9-6-10-14-17/h5-14H,1H2,2-3H3. The maximum absolute atomic E-state index is 3.85. The summed E-state index contributed by atoms with van der Waals surface area (Å²) in [5.41, 5.74) is 3.13. The van der Waals surface area contributed by atoms with E-state index in [1.54, 1.807) is 0 Å². The van der Waals surface area contributed by atoms with Crippen LogP contribution < -0.4 is 10.4 Å². The molecule has 0 nitrogen and oxygen atoms in total. The summed E-state index contributed by atoms with van der Waals surface area (Å²) in [5.74, 6) is 0. The van der Waals surface area contributed by atoms with E-state index in [-0.39, 0.29) is 0 Å². The molecule has 0 N–H and O–H groups in total. The van der Waals surface area contributed by atoms with E-state index in [0.717, 1.165) is 0 Å². The van der Waals surface area contributed by atoms with Crippen molar-refractivity contribution in [2.75, 3.05) is 0 Å². The van der Waals surface area contributed by atoms with Gasteiger partial charge in [-0.3, -0.25) is 0 Å². The van der Waals surface area contributed by atoms with Crippen molar-refractivity contribution >= 4 is 18.4 Å². The fraction of sp³-hybridized carbons (Fsp3) is 0.118. The molecule has 1 heteroatoms. The van der Waals surface area contributed by atoms with Gasteiger partial charge in [-0.2, -0.15) is 0 Å². The zero-order valence-electron chi connectivity index (χ0n) is 11.0. The van der Waals surface area contributed by atoms with Crippen LogP contribution in [0.1, 0.15) is 6.92 Å². The molecule has 18 heavy (non-hydrogen) atoms. The average molecular weight is 250 g/mol. The lowest BCUT2D eigenvalue weighted by Crippen LogP contribution is -2.56. The molecule has 2 aromatic carbocycles. The van der Waals surface area contributed by atoms with E-state index in [0.29, 0.717) is 0 Å². The number of rotatable bonds is 3. The Morgan fingerprint density at radius 1 is 0.889 bits per heavy atom. The Labute approximate surface area is 110 Å². The SMILES string of the molecule is C=C=C(C)[Si](C)(c1ccccc1)c1ccccc1. The second-order valence-corrected chi connectivity index (χ2v) is 8.81. The first-order chi connectivity index (χ1) is 8.69. The van der Waals surface area contributed by atoms with Crippen molar-refractivity contribution in [1.82, 2.24) is 0 Å². The van der Waals surface area contributed by atoms with Crippen LogP contribution in [0.3, 0.4) is 0 Å². The van der Waals surface area contributed by atoms with E-state index >= 15 is 0 Å². The molecule has 0 spiro atoms. The van der Waals surface area contributed by atoms with Gasteiger partial charge in [0.25, 0.3) is 0 Å². The summed E-state index contributed by atoms with van der Waals surface area (Å²) in [5, 5.41) is 4.09. The van der Waals surface area contributed by atoms with Crippen LogP contribution >= 0.6 is 0 Å². The summed E-state index contributed by atoms with van der Waals surface area (Å²) in [7, 11) is -1.86. The second kappa shape index (κ2) is 5.22. The molecule has 0 bridgehead atoms. The Morgan fingerprint density at radius 2 is 1.28 bits per heavy atom. The Morgan fingerprint density at radius 3 is 1.61 bits per heavy atom. The minimum Gasteiger partial charge on any atom is -0.133 e. The number of allylic oxidation sites excluding steroid dienone is 1. The van der Waals surface area contributed by atoms with Crippen LogP contribution in [0.4, 0.5) is 0 Å². The van der Waals surface area contributed by atoms with E-state index in [1.165, 1.54) is 15.6 Å². The highest BCUT2D eigenvalue weighted by Gasteiger charge is 2.33. The lowest BCUT2D eigenvalue weighted by molar-refractivity contribution is 1.57. The average Bonchev–Trinajstić information content (AvgIpc) is 2.47. The third-order valence-corrected chi connectivity index (χ3v) is 8.37. The van der Waals surface area contributed by atoms with Crippen LogP contribution in [0.5, 0.6) is 0 Å². The molecule has 0 aliphatic heterocycles. The van der Waals surface area contributed by atoms with Crippen LogP contribution in [-0.4, -0.2) is 8.07 Å². The van der Waals surface area contributed by atoms with E-state index in [1.807, 2.05) is 0 Å². The molecule has 2 aromatic rings. The Balaban J connectivity index is 2.67. The second-order valence-electron chi connectivity index (χ2n) is 4.66. The molecule has 0 radical (unpaired) electrons. The van der Waals surface area contributed by atoms with Crippen LogP contribution in [-0.2, 0) is 0 Å². The van der Waals surface area contributed by atoms with Gasteiger partial charge in [0, 0.05) is 0 Å². The van der Waals surface area contributed by atoms with E-state index in [9.17, 15) is 0 Å². The van der Waals surface area contributed by atoms with Crippen molar-refractivity contribution in [3.63, 3.8) is 0 Å². The Hall–Kier alpha value is -1.82. The van der Waals surface area contributed by atoms with Crippen LogP contribution in [0.15, 0.2) is 78.2 Å². The molecule has 0 heterocycles. The summed E-state index contributed by atoms with van der Waals surface area (Å²) >= 11 is 0. The number of hydrogen-bond acceptors (Lipinski definition) is 0. The highest BCUT2D eigenvalue weighted by Crippen LogP contribution is 2.14. The van der Waals surface area contributed by atoms with Gasteiger partial charge in [-0.05, 0) is 22.5 Å². The summed E-state index contributed by atoms with van der Waals surface area (Å²) < 4.78 is 0. The molecule has 0 fully saturated rings. The molecule has 0 aromatic heterocycles. The molecule has 0 saturated carbocycles. The van der Waals surface area contributed by atoms with Crippen molar-refractivity contribution in [3.05, 3.63) is 78.2 Å². The van der Waals surface area contributed by atoms with E-state index < -0.39 is 8.07 Å². The van der Waals surface area contributed by atoms with Crippen LogP contribution in [0.2, 0.25) is 6.55 Å². The van der Waals surface area contributed by atoms with Crippen molar-refractivity contribution < 1.29 is 0 Å². The minimum atomic E-state index is -1.86. The molecular weight excluding hydrogens is 232 g/mol. The largest absolute Gasteiger partial charge is 0.149 e. The summed E-state index contributed by atoms with van der Waals surface area (Å²) in [6, 6.07) is 21.5. The van der Waals surface area contributed by atoms with Gasteiger partial charge in [0.1, 0.15) is 8.07 Å². The maximum Gasteiger partial charge on any atom is 0.149 e. The highest BCUT2D eigenvalue weighted by atomic mass is 28.3. The first-order valence-corrected chi connectivity index (χ1v) is 8.67. The molecule has 0 aliphatic carbocycles. The van der Waals surface area contributed by atoms with Gasteiger partial charge in [0.15, 0.2) is 0 Å². The van der Waals surface area contributed by atoms with Crippen molar-refractivity contribution in [2.24, 2.45) is 0 Å². The monoisotopic (exact) mass is 250 g/mol. The van der Waals surface area contributed by atoms with Gasteiger partial charge in [-0.15, -0.1) is 5.73 Å². The van der Waals surface area contributed by atoms with Gasteiger partial charge in [-0.1, -0.05) is 73.8 Å². The topological polar surface area (TPSA) is 0 Å². The normalized spacial score (nSPS) is 10.8. The fourth-order valence-corrected chi connectivity index (χ4v) is 5.59. The first kappa shape index (κ1) is 12.6. The van der Waals surface area contributed by atoms with Gasteiger partial charge in [0.05, 0.1) is 0 Å². The van der Waals surface area contributed by atoms with Gasteiger partial charge in [0.2, 0.25) is 0 Å². The lowest BCUT2D eigenvalue weighted by atomic mass is 10.4. The molecule has 0 aliphatic rings. The molecule has 0 saturated heterocycles. The summed E-state index contributed by atoms with van der Waals surface area (Å²) in [6.45, 7) is 8.37. The molecular formula is C17H18Si. The van der Waals surface area contributed by atoms with Gasteiger partial charge >= 0.3 is 0 Å². The van der Waals surface area contributed by atoms with E-state index in [4.69, 9.17) is 0 Å². The zero-order chi connectivity index (χ0) is 13.0. The van der Waals surface area contributed by atoms with E-state index in [2.05, 4.69) is 86.4 Å². The Kier molecular flexibility index (Phi) is 3.66. The zero-order valence-corrected chi connectivity index (χ0v) is 12.0. The fourth-order valence-electron chi connectivity index (χ4n) is 2.32. The lowest BCUT2D eigenvalue weighted by Gasteiger charge is -2.28.